The first-order valence-electron chi connectivity index (χ1n) is 9.34. The van der Waals surface area contributed by atoms with Gasteiger partial charge in [-0.05, 0) is 47.5 Å². The maximum Gasteiger partial charge on any atom is 0.269 e. The molecule has 0 fully saturated rings. The minimum atomic E-state index is -0.453. The van der Waals surface area contributed by atoms with Gasteiger partial charge in [0.25, 0.3) is 11.6 Å². The Bertz CT molecular complexity index is 1270. The van der Waals surface area contributed by atoms with Crippen LogP contribution in [0.25, 0.3) is 16.3 Å². The van der Waals surface area contributed by atoms with Crippen LogP contribution >= 0.6 is 27.3 Å². The van der Waals surface area contributed by atoms with Gasteiger partial charge in [-0.2, -0.15) is 0 Å². The van der Waals surface area contributed by atoms with Crippen molar-refractivity contribution in [3.63, 3.8) is 0 Å². The van der Waals surface area contributed by atoms with Crippen LogP contribution in [0.4, 0.5) is 10.8 Å². The molecule has 0 saturated heterocycles. The van der Waals surface area contributed by atoms with Crippen LogP contribution in [0.15, 0.2) is 83.3 Å². The van der Waals surface area contributed by atoms with E-state index in [4.69, 9.17) is 0 Å². The quantitative estimate of drug-likeness (QED) is 0.181. The second-order valence-electron chi connectivity index (χ2n) is 6.70. The highest BCUT2D eigenvalue weighted by Crippen LogP contribution is 2.32. The van der Waals surface area contributed by atoms with Gasteiger partial charge in [0.2, 0.25) is 0 Å². The van der Waals surface area contributed by atoms with Crippen molar-refractivity contribution in [3.05, 3.63) is 105 Å². The molecule has 0 aliphatic rings. The maximum atomic E-state index is 13.1. The molecule has 0 N–H and O–H groups in total. The number of halogens is 1. The Morgan fingerprint density at radius 2 is 1.84 bits per heavy atom. The average molecular weight is 494 g/mol. The van der Waals surface area contributed by atoms with Gasteiger partial charge in [0.15, 0.2) is 5.13 Å². The zero-order valence-corrected chi connectivity index (χ0v) is 18.5. The fourth-order valence-electron chi connectivity index (χ4n) is 2.97. The second-order valence-corrected chi connectivity index (χ2v) is 8.63. The van der Waals surface area contributed by atoms with E-state index in [1.165, 1.54) is 29.5 Å². The van der Waals surface area contributed by atoms with E-state index in [0.717, 1.165) is 20.3 Å². The predicted octanol–water partition coefficient (Wildman–Crippen LogP) is 6.21. The van der Waals surface area contributed by atoms with Gasteiger partial charge in [0.05, 0.1) is 21.7 Å². The number of nitro groups is 1. The number of nitrogens with zero attached hydrogens (tertiary/aromatic N) is 3. The number of rotatable bonds is 6. The standard InChI is InChI=1S/C23H16BrN3O3S/c24-18-9-12-20-21(14-18)31-23(25-20)26(15-17-4-2-1-3-5-17)22(28)13-8-16-6-10-19(11-7-16)27(29)30/h1-14H,15H2/b13-8+. The number of hydrogen-bond acceptors (Lipinski definition) is 5. The molecule has 4 rings (SSSR count). The van der Waals surface area contributed by atoms with Gasteiger partial charge in [-0.15, -0.1) is 0 Å². The molecular formula is C23H16BrN3O3S. The van der Waals surface area contributed by atoms with Gasteiger partial charge in [0.1, 0.15) is 0 Å². The summed E-state index contributed by atoms with van der Waals surface area (Å²) in [4.78, 5) is 29.8. The SMILES string of the molecule is O=C(/C=C/c1ccc([N+](=O)[O-])cc1)N(Cc1ccccc1)c1nc2ccc(Br)cc2s1. The van der Waals surface area contributed by atoms with Gasteiger partial charge in [0, 0.05) is 22.7 Å². The fraction of sp³-hybridized carbons (Fsp3) is 0.0435. The monoisotopic (exact) mass is 493 g/mol. The van der Waals surface area contributed by atoms with Crippen molar-refractivity contribution in [1.82, 2.24) is 4.98 Å². The van der Waals surface area contributed by atoms with Gasteiger partial charge < -0.3 is 0 Å². The van der Waals surface area contributed by atoms with Gasteiger partial charge in [-0.3, -0.25) is 19.8 Å². The molecule has 0 aliphatic heterocycles. The molecule has 0 radical (unpaired) electrons. The average Bonchev–Trinajstić information content (AvgIpc) is 3.19. The van der Waals surface area contributed by atoms with Crippen molar-refractivity contribution in [2.24, 2.45) is 0 Å². The summed E-state index contributed by atoms with van der Waals surface area (Å²) in [5.41, 5.74) is 2.52. The normalized spacial score (nSPS) is 11.1. The van der Waals surface area contributed by atoms with E-state index < -0.39 is 4.92 Å². The van der Waals surface area contributed by atoms with Gasteiger partial charge in [-0.1, -0.05) is 57.6 Å². The smallest absolute Gasteiger partial charge is 0.269 e. The molecular weight excluding hydrogens is 478 g/mol. The summed E-state index contributed by atoms with van der Waals surface area (Å²) in [6.45, 7) is 0.380. The largest absolute Gasteiger partial charge is 0.280 e. The zero-order chi connectivity index (χ0) is 21.8. The zero-order valence-electron chi connectivity index (χ0n) is 16.1. The summed E-state index contributed by atoms with van der Waals surface area (Å²) in [5, 5.41) is 11.4. The Kier molecular flexibility index (Phi) is 6.20. The Balaban J connectivity index is 1.64. The third kappa shape index (κ3) is 5.04. The highest BCUT2D eigenvalue weighted by Gasteiger charge is 2.18. The lowest BCUT2D eigenvalue weighted by Crippen LogP contribution is -2.28. The number of carbonyl (C=O) groups excluding carboxylic acids is 1. The van der Waals surface area contributed by atoms with Crippen molar-refractivity contribution in [2.45, 2.75) is 6.54 Å². The Morgan fingerprint density at radius 1 is 1.10 bits per heavy atom. The van der Waals surface area contributed by atoms with Crippen LogP contribution in [0.5, 0.6) is 0 Å². The van der Waals surface area contributed by atoms with Crippen LogP contribution in [0.2, 0.25) is 0 Å². The Labute approximate surface area is 190 Å². The summed E-state index contributed by atoms with van der Waals surface area (Å²) >= 11 is 4.92. The molecule has 4 aromatic rings. The molecule has 0 unspecified atom stereocenters. The summed E-state index contributed by atoms with van der Waals surface area (Å²) in [5.74, 6) is -0.222. The summed E-state index contributed by atoms with van der Waals surface area (Å²) in [6, 6.07) is 21.6. The Hall–Kier alpha value is -3.36. The van der Waals surface area contributed by atoms with E-state index >= 15 is 0 Å². The second kappa shape index (κ2) is 9.20. The lowest BCUT2D eigenvalue weighted by atomic mass is 10.2. The number of benzene rings is 3. The number of amides is 1. The first kappa shape index (κ1) is 20.9. The van der Waals surface area contributed by atoms with Crippen molar-refractivity contribution in [1.29, 1.82) is 0 Å². The molecule has 0 saturated carbocycles. The van der Waals surface area contributed by atoms with Crippen LogP contribution in [-0.2, 0) is 11.3 Å². The molecule has 3 aromatic carbocycles. The number of hydrogen-bond donors (Lipinski definition) is 0. The molecule has 6 nitrogen and oxygen atoms in total. The first-order valence-corrected chi connectivity index (χ1v) is 10.9. The van der Waals surface area contributed by atoms with Crippen molar-refractivity contribution < 1.29 is 9.72 Å². The van der Waals surface area contributed by atoms with Crippen molar-refractivity contribution in [2.75, 3.05) is 4.90 Å². The summed E-state index contributed by atoms with van der Waals surface area (Å²) in [6.07, 6.45) is 3.11. The highest BCUT2D eigenvalue weighted by molar-refractivity contribution is 9.10. The lowest BCUT2D eigenvalue weighted by molar-refractivity contribution is -0.384. The number of carbonyl (C=O) groups is 1. The van der Waals surface area contributed by atoms with Gasteiger partial charge in [-0.25, -0.2) is 4.98 Å². The Morgan fingerprint density at radius 3 is 2.55 bits per heavy atom. The molecule has 8 heteroatoms. The molecule has 0 atom stereocenters. The molecule has 0 spiro atoms. The number of anilines is 1. The lowest BCUT2D eigenvalue weighted by Gasteiger charge is -2.18. The number of non-ortho nitro benzene ring substituents is 1. The van der Waals surface area contributed by atoms with Crippen LogP contribution in [-0.4, -0.2) is 15.8 Å². The third-order valence-corrected chi connectivity index (χ3v) is 6.08. The minimum Gasteiger partial charge on any atom is -0.280 e. The van der Waals surface area contributed by atoms with E-state index in [0.29, 0.717) is 17.2 Å². The molecule has 1 heterocycles. The number of fused-ring (bicyclic) bond motifs is 1. The van der Waals surface area contributed by atoms with Crippen molar-refractivity contribution in [3.8, 4) is 0 Å². The van der Waals surface area contributed by atoms with E-state index in [-0.39, 0.29) is 11.6 Å². The van der Waals surface area contributed by atoms with Crippen LogP contribution in [0.3, 0.4) is 0 Å². The van der Waals surface area contributed by atoms with Gasteiger partial charge >= 0.3 is 0 Å². The minimum absolute atomic E-state index is 0.00909. The highest BCUT2D eigenvalue weighted by atomic mass is 79.9. The van der Waals surface area contributed by atoms with Crippen LogP contribution in [0.1, 0.15) is 11.1 Å². The molecule has 0 bridgehead atoms. The molecule has 31 heavy (non-hydrogen) atoms. The summed E-state index contributed by atoms with van der Waals surface area (Å²) in [7, 11) is 0. The third-order valence-electron chi connectivity index (χ3n) is 4.54. The number of aromatic nitrogens is 1. The van der Waals surface area contributed by atoms with E-state index in [1.54, 1.807) is 23.1 Å². The van der Waals surface area contributed by atoms with E-state index in [9.17, 15) is 14.9 Å². The molecule has 1 aromatic heterocycles. The van der Waals surface area contributed by atoms with E-state index in [1.807, 2.05) is 48.5 Å². The van der Waals surface area contributed by atoms with Crippen molar-refractivity contribution >= 4 is 60.3 Å². The predicted molar refractivity (Wildman–Crippen MR) is 127 cm³/mol. The number of thiazole rings is 1. The number of nitro benzene ring substituents is 1. The molecule has 154 valence electrons. The molecule has 1 amide bonds. The summed E-state index contributed by atoms with van der Waals surface area (Å²) < 4.78 is 1.93. The topological polar surface area (TPSA) is 76.3 Å². The van der Waals surface area contributed by atoms with E-state index in [2.05, 4.69) is 20.9 Å². The fourth-order valence-corrected chi connectivity index (χ4v) is 4.49. The maximum absolute atomic E-state index is 13.1. The first-order chi connectivity index (χ1) is 15.0. The molecule has 0 aliphatic carbocycles. The van der Waals surface area contributed by atoms with Crippen LogP contribution in [0, 0.1) is 10.1 Å². The van der Waals surface area contributed by atoms with Crippen LogP contribution < -0.4 is 4.90 Å².